The highest BCUT2D eigenvalue weighted by Gasteiger charge is 2.45. The molecule has 8 heteroatoms. The van der Waals surface area contributed by atoms with Gasteiger partial charge in [-0.1, -0.05) is 47.9 Å². The number of Topliss-reactive ketones (excluding diaryl/α,β-unsaturated/α-hetero) is 2. The highest BCUT2D eigenvalue weighted by Crippen LogP contribution is 2.32. The molecule has 0 N–H and O–H groups in total. The van der Waals surface area contributed by atoms with Crippen LogP contribution in [0.1, 0.15) is 67.8 Å². The van der Waals surface area contributed by atoms with Crippen molar-refractivity contribution in [3.8, 4) is 12.3 Å². The summed E-state index contributed by atoms with van der Waals surface area (Å²) in [5.74, 6) is 1.27. The van der Waals surface area contributed by atoms with Crippen molar-refractivity contribution in [3.05, 3.63) is 98.6 Å². The summed E-state index contributed by atoms with van der Waals surface area (Å²) < 4.78 is 0. The highest BCUT2D eigenvalue weighted by molar-refractivity contribution is 6.33. The zero-order valence-electron chi connectivity index (χ0n) is 24.8. The molecule has 1 aliphatic carbocycles. The van der Waals surface area contributed by atoms with Crippen molar-refractivity contribution >= 4 is 40.7 Å². The van der Waals surface area contributed by atoms with Gasteiger partial charge in [-0.05, 0) is 72.7 Å². The highest BCUT2D eigenvalue weighted by atomic mass is 35.5. The van der Waals surface area contributed by atoms with E-state index in [0.717, 1.165) is 60.0 Å². The molecule has 0 spiro atoms. The normalized spacial score (nSPS) is 19.0. The lowest BCUT2D eigenvalue weighted by atomic mass is 9.92. The Bertz CT molecular complexity index is 1720. The number of hydrogen-bond acceptors (Lipinski definition) is 6. The predicted octanol–water partition coefficient (Wildman–Crippen LogP) is 5.02. The van der Waals surface area contributed by atoms with Gasteiger partial charge in [0.2, 0.25) is 0 Å². The summed E-state index contributed by atoms with van der Waals surface area (Å²) in [4.78, 5) is 56.7. The van der Waals surface area contributed by atoms with Gasteiger partial charge in [0.15, 0.2) is 5.78 Å². The molecule has 0 aromatic heterocycles. The number of hydrogen-bond donors (Lipinski definition) is 0. The minimum absolute atomic E-state index is 0.138. The molecule has 3 aliphatic rings. The Labute approximate surface area is 262 Å². The van der Waals surface area contributed by atoms with Crippen LogP contribution in [0.2, 0.25) is 5.02 Å². The number of fused-ring (bicyclic) bond motifs is 1. The Morgan fingerprint density at radius 2 is 1.70 bits per heavy atom. The van der Waals surface area contributed by atoms with Gasteiger partial charge in [-0.2, -0.15) is 0 Å². The van der Waals surface area contributed by atoms with Crippen LogP contribution < -0.4 is 4.90 Å². The van der Waals surface area contributed by atoms with Gasteiger partial charge in [0.05, 0.1) is 34.3 Å². The molecule has 44 heavy (non-hydrogen) atoms. The number of anilines is 1. The topological polar surface area (TPSA) is 78.0 Å². The van der Waals surface area contributed by atoms with Crippen LogP contribution in [0.3, 0.4) is 0 Å². The van der Waals surface area contributed by atoms with Crippen LogP contribution >= 0.6 is 11.6 Å². The molecule has 1 saturated heterocycles. The average Bonchev–Trinajstić information content (AvgIpc) is 3.27. The van der Waals surface area contributed by atoms with Crippen molar-refractivity contribution in [3.63, 3.8) is 0 Å². The van der Waals surface area contributed by atoms with Crippen LogP contribution in [0, 0.1) is 19.3 Å². The van der Waals surface area contributed by atoms with Crippen LogP contribution in [0.15, 0.2) is 54.6 Å². The Kier molecular flexibility index (Phi) is 8.40. The van der Waals surface area contributed by atoms with E-state index in [9.17, 15) is 19.2 Å². The zero-order valence-corrected chi connectivity index (χ0v) is 25.5. The second-order valence-electron chi connectivity index (χ2n) is 11.9. The van der Waals surface area contributed by atoms with E-state index in [0.29, 0.717) is 29.0 Å². The number of piperazine rings is 1. The van der Waals surface area contributed by atoms with Crippen molar-refractivity contribution in [2.75, 3.05) is 31.1 Å². The molecule has 3 aromatic carbocycles. The van der Waals surface area contributed by atoms with E-state index >= 15 is 0 Å². The summed E-state index contributed by atoms with van der Waals surface area (Å²) in [5, 5.41) is 0.686. The number of amides is 2. The van der Waals surface area contributed by atoms with Crippen molar-refractivity contribution in [2.45, 2.75) is 51.6 Å². The molecule has 224 valence electrons. The Balaban J connectivity index is 1.07. The van der Waals surface area contributed by atoms with Crippen molar-refractivity contribution in [2.24, 2.45) is 0 Å². The fourth-order valence-corrected chi connectivity index (χ4v) is 6.91. The largest absolute Gasteiger partial charge is 0.368 e. The minimum Gasteiger partial charge on any atom is -0.368 e. The summed E-state index contributed by atoms with van der Waals surface area (Å²) >= 11 is 6.49. The third-order valence-electron chi connectivity index (χ3n) is 9.10. The number of aryl methyl sites for hydroxylation is 3. The molecule has 2 amide bonds. The van der Waals surface area contributed by atoms with E-state index in [4.69, 9.17) is 18.0 Å². The summed E-state index contributed by atoms with van der Waals surface area (Å²) in [6.07, 6.45) is 7.00. The first-order valence-corrected chi connectivity index (χ1v) is 15.5. The molecule has 6 rings (SSSR count). The van der Waals surface area contributed by atoms with E-state index in [2.05, 4.69) is 40.8 Å². The average molecular weight is 608 g/mol. The Morgan fingerprint density at radius 1 is 0.909 bits per heavy atom. The van der Waals surface area contributed by atoms with E-state index < -0.39 is 17.9 Å². The number of ketones is 2. The van der Waals surface area contributed by atoms with Gasteiger partial charge in [-0.15, -0.1) is 6.42 Å². The fourth-order valence-electron chi connectivity index (χ4n) is 6.61. The fraction of sp³-hybridized carbons (Fsp3) is 0.333. The van der Waals surface area contributed by atoms with Gasteiger partial charge in [0.25, 0.3) is 11.8 Å². The van der Waals surface area contributed by atoms with Crippen LogP contribution in [-0.2, 0) is 29.0 Å². The monoisotopic (exact) mass is 607 g/mol. The quantitative estimate of drug-likeness (QED) is 0.213. The number of rotatable bonds is 7. The number of imide groups is 1. The first kappa shape index (κ1) is 29.8. The van der Waals surface area contributed by atoms with E-state index in [1.54, 1.807) is 12.1 Å². The predicted molar refractivity (Wildman–Crippen MR) is 170 cm³/mol. The maximum absolute atomic E-state index is 13.4. The first-order valence-electron chi connectivity index (χ1n) is 15.1. The van der Waals surface area contributed by atoms with Crippen LogP contribution in [0.5, 0.6) is 0 Å². The van der Waals surface area contributed by atoms with Crippen LogP contribution in [-0.4, -0.2) is 65.4 Å². The van der Waals surface area contributed by atoms with Gasteiger partial charge in [-0.25, -0.2) is 0 Å². The van der Waals surface area contributed by atoms with Gasteiger partial charge >= 0.3 is 0 Å². The lowest BCUT2D eigenvalue weighted by Gasteiger charge is -2.36. The van der Waals surface area contributed by atoms with E-state index in [-0.39, 0.29) is 30.8 Å². The molecule has 1 unspecified atom stereocenters. The molecular weight excluding hydrogens is 574 g/mol. The maximum atomic E-state index is 13.4. The number of nitrogens with zero attached hydrogens (tertiary/aromatic N) is 3. The van der Waals surface area contributed by atoms with Crippen molar-refractivity contribution in [1.29, 1.82) is 0 Å². The summed E-state index contributed by atoms with van der Waals surface area (Å²) in [6, 6.07) is 16.8. The molecule has 1 atom stereocenters. The van der Waals surface area contributed by atoms with Gasteiger partial charge in [0.1, 0.15) is 5.78 Å². The summed E-state index contributed by atoms with van der Waals surface area (Å²) in [6.45, 7) is 6.64. The molecule has 2 heterocycles. The number of carbonyl (C=O) groups excluding carboxylic acids is 4. The third-order valence-corrected chi connectivity index (χ3v) is 9.40. The van der Waals surface area contributed by atoms with Gasteiger partial charge < -0.3 is 4.90 Å². The van der Waals surface area contributed by atoms with Crippen LogP contribution in [0.25, 0.3) is 0 Å². The molecule has 3 aromatic rings. The lowest BCUT2D eigenvalue weighted by Crippen LogP contribution is -2.47. The molecule has 0 radical (unpaired) electrons. The minimum atomic E-state index is -0.857. The summed E-state index contributed by atoms with van der Waals surface area (Å²) in [7, 11) is 0. The third kappa shape index (κ3) is 5.80. The maximum Gasteiger partial charge on any atom is 0.262 e. The Morgan fingerprint density at radius 3 is 2.41 bits per heavy atom. The number of benzene rings is 3. The molecule has 1 saturated carbocycles. The van der Waals surface area contributed by atoms with Crippen molar-refractivity contribution in [1.82, 2.24) is 9.80 Å². The lowest BCUT2D eigenvalue weighted by molar-refractivity contribution is -0.132. The SMILES string of the molecule is C#Cc1ccc(N2CCN(Cc3ccc(CCc4cccc5c4C(=O)N(C4CCC(=O)CC4=O)C5=O)cc3C)CC2)c(Cl)c1. The van der Waals surface area contributed by atoms with Gasteiger partial charge in [-0.3, -0.25) is 29.0 Å². The second-order valence-corrected chi connectivity index (χ2v) is 12.3. The molecule has 7 nitrogen and oxygen atoms in total. The Hall–Kier alpha value is -4.25. The standard InChI is InChI=1S/C36H34ClN3O4/c1-3-24-9-13-31(30(37)20-24)39-17-15-38(16-18-39)22-27-11-8-25(19-23(27)2)7-10-26-5-4-6-29-34(26)36(44)40(35(29)43)32-14-12-28(41)21-33(32)42/h1,4-6,8-9,11,13,19-20,32H,7,10,12,14-18,21-22H2,2H3. The van der Waals surface area contributed by atoms with Crippen LogP contribution in [0.4, 0.5) is 5.69 Å². The second kappa shape index (κ2) is 12.4. The number of halogens is 1. The van der Waals surface area contributed by atoms with Crippen molar-refractivity contribution < 1.29 is 19.2 Å². The summed E-state index contributed by atoms with van der Waals surface area (Å²) in [5.41, 5.74) is 7.01. The smallest absolute Gasteiger partial charge is 0.262 e. The molecule has 0 bridgehead atoms. The van der Waals surface area contributed by atoms with E-state index in [1.807, 2.05) is 24.3 Å². The molecule has 2 aliphatic heterocycles. The number of carbonyl (C=O) groups is 4. The molecule has 2 fully saturated rings. The number of terminal acetylenes is 1. The van der Waals surface area contributed by atoms with Gasteiger partial charge in [0, 0.05) is 44.7 Å². The first-order chi connectivity index (χ1) is 21.2. The van der Waals surface area contributed by atoms with E-state index in [1.165, 1.54) is 11.1 Å². The zero-order chi connectivity index (χ0) is 31.0. The molecular formula is C36H34ClN3O4.